The predicted molar refractivity (Wildman–Crippen MR) is 69.7 cm³/mol. The lowest BCUT2D eigenvalue weighted by molar-refractivity contribution is -0.151. The third-order valence-electron chi connectivity index (χ3n) is 3.68. The molecule has 1 rings (SSSR count). The van der Waals surface area contributed by atoms with E-state index in [4.69, 9.17) is 0 Å². The van der Waals surface area contributed by atoms with E-state index in [0.29, 0.717) is 13.0 Å². The lowest BCUT2D eigenvalue weighted by Crippen LogP contribution is -2.47. The summed E-state index contributed by atoms with van der Waals surface area (Å²) < 4.78 is 25.3. The summed E-state index contributed by atoms with van der Waals surface area (Å²) in [6, 6.07) is 0. The van der Waals surface area contributed by atoms with Crippen molar-refractivity contribution in [2.75, 3.05) is 18.8 Å². The number of nitrogens with zero attached hydrogens (tertiary/aromatic N) is 1. The van der Waals surface area contributed by atoms with E-state index in [1.807, 2.05) is 0 Å². The fourth-order valence-electron chi connectivity index (χ4n) is 2.21. The summed E-state index contributed by atoms with van der Waals surface area (Å²) in [5.41, 5.74) is -0.900. The maximum atomic E-state index is 11.9. The van der Waals surface area contributed by atoms with E-state index < -0.39 is 21.4 Å². The Morgan fingerprint density at radius 2 is 2.17 bits per heavy atom. The van der Waals surface area contributed by atoms with Crippen molar-refractivity contribution in [2.45, 2.75) is 26.7 Å². The fraction of sp³-hybridized carbons (Fsp3) is 0.750. The first-order valence-corrected chi connectivity index (χ1v) is 7.65. The van der Waals surface area contributed by atoms with Gasteiger partial charge in [0.15, 0.2) is 0 Å². The molecule has 0 aliphatic carbocycles. The highest BCUT2D eigenvalue weighted by atomic mass is 32.2. The SMILES string of the molecule is C=CCS(=O)(=O)N1CCCC(C(C)(C)C(=O)O)C1. The number of carboxylic acid groups (broad SMARTS) is 1. The Hall–Kier alpha value is -0.880. The van der Waals surface area contributed by atoms with E-state index in [2.05, 4.69) is 6.58 Å². The highest BCUT2D eigenvalue weighted by Crippen LogP contribution is 2.35. The molecule has 0 aromatic rings. The Kier molecular flexibility index (Phi) is 4.55. The minimum atomic E-state index is -3.33. The molecule has 1 N–H and O–H groups in total. The van der Waals surface area contributed by atoms with Crippen molar-refractivity contribution in [3.63, 3.8) is 0 Å². The van der Waals surface area contributed by atoms with Crippen LogP contribution in [0.4, 0.5) is 0 Å². The molecule has 104 valence electrons. The first-order valence-electron chi connectivity index (χ1n) is 6.04. The van der Waals surface area contributed by atoms with Crippen LogP contribution in [0, 0.1) is 11.3 Å². The minimum absolute atomic E-state index is 0.0901. The van der Waals surface area contributed by atoms with Gasteiger partial charge in [0.1, 0.15) is 0 Å². The number of hydrogen-bond donors (Lipinski definition) is 1. The fourth-order valence-corrected chi connectivity index (χ4v) is 3.54. The maximum Gasteiger partial charge on any atom is 0.309 e. The molecule has 0 amide bonds. The Morgan fingerprint density at radius 1 is 1.56 bits per heavy atom. The van der Waals surface area contributed by atoms with E-state index >= 15 is 0 Å². The van der Waals surface area contributed by atoms with Crippen LogP contribution in [0.15, 0.2) is 12.7 Å². The number of carboxylic acids is 1. The Morgan fingerprint density at radius 3 is 2.67 bits per heavy atom. The summed E-state index contributed by atoms with van der Waals surface area (Å²) in [7, 11) is -3.33. The summed E-state index contributed by atoms with van der Waals surface area (Å²) in [5, 5.41) is 9.20. The molecule has 0 spiro atoms. The second-order valence-corrected chi connectivity index (χ2v) is 7.30. The molecule has 1 aliphatic rings. The summed E-state index contributed by atoms with van der Waals surface area (Å²) in [6.45, 7) is 7.51. The molecule has 1 atom stereocenters. The van der Waals surface area contributed by atoms with Gasteiger partial charge in [-0.3, -0.25) is 4.79 Å². The predicted octanol–water partition coefficient (Wildman–Crippen LogP) is 1.33. The van der Waals surface area contributed by atoms with Crippen molar-refractivity contribution in [1.29, 1.82) is 0 Å². The topological polar surface area (TPSA) is 74.7 Å². The van der Waals surface area contributed by atoms with Gasteiger partial charge in [0, 0.05) is 13.1 Å². The van der Waals surface area contributed by atoms with E-state index in [1.54, 1.807) is 13.8 Å². The number of hydrogen-bond acceptors (Lipinski definition) is 3. The first kappa shape index (κ1) is 15.2. The van der Waals surface area contributed by atoms with Crippen LogP contribution in [0.3, 0.4) is 0 Å². The molecule has 6 heteroatoms. The Balaban J connectivity index is 2.85. The van der Waals surface area contributed by atoms with Gasteiger partial charge in [-0.2, -0.15) is 0 Å². The van der Waals surface area contributed by atoms with Crippen LogP contribution < -0.4 is 0 Å². The second-order valence-electron chi connectivity index (χ2n) is 5.29. The van der Waals surface area contributed by atoms with Crippen LogP contribution in [0.5, 0.6) is 0 Å². The van der Waals surface area contributed by atoms with Crippen LogP contribution in [0.2, 0.25) is 0 Å². The summed E-state index contributed by atoms with van der Waals surface area (Å²) in [6.07, 6.45) is 2.82. The standard InChI is InChI=1S/C12H21NO4S/c1-4-8-18(16,17)13-7-5-6-10(9-13)12(2,3)11(14)15/h4,10H,1,5-9H2,2-3H3,(H,14,15). The number of sulfonamides is 1. The Labute approximate surface area is 109 Å². The normalized spacial score (nSPS) is 22.7. The molecule has 1 unspecified atom stereocenters. The molecule has 0 bridgehead atoms. The average Bonchev–Trinajstić information content (AvgIpc) is 2.29. The van der Waals surface area contributed by atoms with Crippen LogP contribution in [-0.4, -0.2) is 42.6 Å². The number of piperidine rings is 1. The van der Waals surface area contributed by atoms with Gasteiger partial charge >= 0.3 is 5.97 Å². The lowest BCUT2D eigenvalue weighted by Gasteiger charge is -2.38. The molecule has 1 fully saturated rings. The zero-order valence-electron chi connectivity index (χ0n) is 10.9. The molecular weight excluding hydrogens is 254 g/mol. The summed E-state index contributed by atoms with van der Waals surface area (Å²) in [5.74, 6) is -1.12. The molecule has 5 nitrogen and oxygen atoms in total. The highest BCUT2D eigenvalue weighted by molar-refractivity contribution is 7.89. The van der Waals surface area contributed by atoms with Gasteiger partial charge in [-0.1, -0.05) is 6.08 Å². The zero-order chi connectivity index (χ0) is 14.0. The van der Waals surface area contributed by atoms with Crippen LogP contribution >= 0.6 is 0 Å². The molecule has 0 radical (unpaired) electrons. The lowest BCUT2D eigenvalue weighted by atomic mass is 9.75. The van der Waals surface area contributed by atoms with Crippen LogP contribution in [0.1, 0.15) is 26.7 Å². The van der Waals surface area contributed by atoms with E-state index in [9.17, 15) is 18.3 Å². The molecule has 18 heavy (non-hydrogen) atoms. The monoisotopic (exact) mass is 275 g/mol. The molecular formula is C12H21NO4S. The molecule has 1 aliphatic heterocycles. The maximum absolute atomic E-state index is 11.9. The molecule has 1 saturated heterocycles. The first-order chi connectivity index (χ1) is 8.21. The third kappa shape index (κ3) is 3.11. The van der Waals surface area contributed by atoms with Gasteiger partial charge in [-0.25, -0.2) is 12.7 Å². The van der Waals surface area contributed by atoms with Gasteiger partial charge in [0.2, 0.25) is 10.0 Å². The second kappa shape index (κ2) is 5.40. The number of aliphatic carboxylic acids is 1. The van der Waals surface area contributed by atoms with E-state index in [1.165, 1.54) is 10.4 Å². The van der Waals surface area contributed by atoms with Gasteiger partial charge in [0.25, 0.3) is 0 Å². The summed E-state index contributed by atoms with van der Waals surface area (Å²) in [4.78, 5) is 11.2. The van der Waals surface area contributed by atoms with Crippen LogP contribution in [-0.2, 0) is 14.8 Å². The third-order valence-corrected chi connectivity index (χ3v) is 5.45. The molecule has 0 saturated carbocycles. The van der Waals surface area contributed by atoms with Crippen molar-refractivity contribution in [3.8, 4) is 0 Å². The van der Waals surface area contributed by atoms with Gasteiger partial charge in [0.05, 0.1) is 11.2 Å². The van der Waals surface area contributed by atoms with Crippen molar-refractivity contribution in [1.82, 2.24) is 4.31 Å². The van der Waals surface area contributed by atoms with Crippen LogP contribution in [0.25, 0.3) is 0 Å². The molecule has 0 aromatic carbocycles. The van der Waals surface area contributed by atoms with Crippen molar-refractivity contribution >= 4 is 16.0 Å². The minimum Gasteiger partial charge on any atom is -0.481 e. The van der Waals surface area contributed by atoms with E-state index in [-0.39, 0.29) is 18.2 Å². The number of carbonyl (C=O) groups is 1. The van der Waals surface area contributed by atoms with Gasteiger partial charge in [-0.05, 0) is 32.6 Å². The van der Waals surface area contributed by atoms with Crippen molar-refractivity contribution in [2.24, 2.45) is 11.3 Å². The van der Waals surface area contributed by atoms with E-state index in [0.717, 1.165) is 6.42 Å². The van der Waals surface area contributed by atoms with Gasteiger partial charge < -0.3 is 5.11 Å². The summed E-state index contributed by atoms with van der Waals surface area (Å²) >= 11 is 0. The largest absolute Gasteiger partial charge is 0.481 e. The molecule has 0 aromatic heterocycles. The van der Waals surface area contributed by atoms with Crippen molar-refractivity contribution in [3.05, 3.63) is 12.7 Å². The smallest absolute Gasteiger partial charge is 0.309 e. The quantitative estimate of drug-likeness (QED) is 0.768. The zero-order valence-corrected chi connectivity index (χ0v) is 11.7. The number of rotatable bonds is 5. The Bertz CT molecular complexity index is 427. The average molecular weight is 275 g/mol. The van der Waals surface area contributed by atoms with Crippen molar-refractivity contribution < 1.29 is 18.3 Å². The molecule has 1 heterocycles. The van der Waals surface area contributed by atoms with Gasteiger partial charge in [-0.15, -0.1) is 6.58 Å². The highest BCUT2D eigenvalue weighted by Gasteiger charge is 2.41.